The van der Waals surface area contributed by atoms with Gasteiger partial charge < -0.3 is 15.3 Å². The van der Waals surface area contributed by atoms with Crippen LogP contribution in [0.25, 0.3) is 0 Å². The number of nitrogens with zero attached hydrogens (tertiary/aromatic N) is 1. The normalized spacial score (nSPS) is 23.6. The highest BCUT2D eigenvalue weighted by atomic mass is 32.1. The van der Waals surface area contributed by atoms with Gasteiger partial charge in [0.2, 0.25) is 0 Å². The maximum Gasteiger partial charge on any atom is 0.317 e. The molecule has 0 bridgehead atoms. The molecule has 1 saturated heterocycles. The van der Waals surface area contributed by atoms with Gasteiger partial charge in [0, 0.05) is 13.1 Å². The number of thiophene rings is 1. The lowest BCUT2D eigenvalue weighted by Crippen LogP contribution is -2.42. The van der Waals surface area contributed by atoms with E-state index in [1.807, 2.05) is 30.7 Å². The second-order valence-corrected chi connectivity index (χ2v) is 6.12. The van der Waals surface area contributed by atoms with E-state index in [9.17, 15) is 14.7 Å². The van der Waals surface area contributed by atoms with Crippen molar-refractivity contribution in [3.63, 3.8) is 0 Å². The van der Waals surface area contributed by atoms with E-state index in [1.165, 1.54) is 0 Å². The Kier molecular flexibility index (Phi) is 4.32. The van der Waals surface area contributed by atoms with Gasteiger partial charge in [-0.3, -0.25) is 4.79 Å². The summed E-state index contributed by atoms with van der Waals surface area (Å²) in [4.78, 5) is 25.2. The van der Waals surface area contributed by atoms with Crippen LogP contribution in [-0.4, -0.2) is 35.1 Å². The Morgan fingerprint density at radius 1 is 1.60 bits per heavy atom. The summed E-state index contributed by atoms with van der Waals surface area (Å²) >= 11 is 1.59. The number of carboxylic acid groups (broad SMARTS) is 1. The van der Waals surface area contributed by atoms with Gasteiger partial charge in [0.05, 0.1) is 11.5 Å². The van der Waals surface area contributed by atoms with Gasteiger partial charge in [-0.15, -0.1) is 0 Å². The van der Waals surface area contributed by atoms with Crippen molar-refractivity contribution in [2.45, 2.75) is 32.7 Å². The Hall–Kier alpha value is -1.56. The van der Waals surface area contributed by atoms with Crippen molar-refractivity contribution >= 4 is 23.3 Å². The second-order valence-electron chi connectivity index (χ2n) is 5.34. The van der Waals surface area contributed by atoms with Gasteiger partial charge in [0.1, 0.15) is 0 Å². The average Bonchev–Trinajstić information content (AvgIpc) is 3.08. The highest BCUT2D eigenvalue weighted by Crippen LogP contribution is 2.34. The highest BCUT2D eigenvalue weighted by Gasteiger charge is 2.44. The van der Waals surface area contributed by atoms with Crippen LogP contribution in [0.15, 0.2) is 16.8 Å². The number of aliphatic carboxylic acids is 1. The molecule has 5 nitrogen and oxygen atoms in total. The smallest absolute Gasteiger partial charge is 0.317 e. The molecule has 1 aromatic rings. The van der Waals surface area contributed by atoms with Gasteiger partial charge in [-0.1, -0.05) is 6.92 Å². The summed E-state index contributed by atoms with van der Waals surface area (Å²) in [5, 5.41) is 16.2. The number of carbonyl (C=O) groups excluding carboxylic acids is 1. The highest BCUT2D eigenvalue weighted by molar-refractivity contribution is 7.07. The number of likely N-dealkylation sites (tertiary alicyclic amines) is 1. The summed E-state index contributed by atoms with van der Waals surface area (Å²) in [5.74, 6) is -0.804. The topological polar surface area (TPSA) is 69.6 Å². The molecule has 2 unspecified atom stereocenters. The summed E-state index contributed by atoms with van der Waals surface area (Å²) < 4.78 is 0. The molecule has 1 aliphatic heterocycles. The SMILES string of the molecule is CCC1(C(=O)O)CCN(C(=O)NC(C)c2ccsc2)C1. The van der Waals surface area contributed by atoms with E-state index in [0.717, 1.165) is 5.56 Å². The summed E-state index contributed by atoms with van der Waals surface area (Å²) in [7, 11) is 0. The molecule has 2 heterocycles. The zero-order valence-corrected chi connectivity index (χ0v) is 12.6. The fourth-order valence-electron chi connectivity index (χ4n) is 2.54. The number of urea groups is 1. The summed E-state index contributed by atoms with van der Waals surface area (Å²) in [5.41, 5.74) is 0.297. The lowest BCUT2D eigenvalue weighted by Gasteiger charge is -2.24. The third kappa shape index (κ3) is 2.80. The molecule has 1 aliphatic rings. The van der Waals surface area contributed by atoms with Crippen LogP contribution >= 0.6 is 11.3 Å². The van der Waals surface area contributed by atoms with Crippen molar-refractivity contribution in [2.75, 3.05) is 13.1 Å². The Labute approximate surface area is 122 Å². The van der Waals surface area contributed by atoms with E-state index in [1.54, 1.807) is 16.2 Å². The van der Waals surface area contributed by atoms with Crippen molar-refractivity contribution in [2.24, 2.45) is 5.41 Å². The van der Waals surface area contributed by atoms with Crippen LogP contribution in [-0.2, 0) is 4.79 Å². The first-order valence-electron chi connectivity index (χ1n) is 6.79. The summed E-state index contributed by atoms with van der Waals surface area (Å²) in [6, 6.07) is 1.74. The lowest BCUT2D eigenvalue weighted by atomic mass is 9.84. The van der Waals surface area contributed by atoms with Crippen molar-refractivity contribution in [1.29, 1.82) is 0 Å². The van der Waals surface area contributed by atoms with Gasteiger partial charge in [0.15, 0.2) is 0 Å². The Morgan fingerprint density at radius 3 is 2.85 bits per heavy atom. The molecule has 6 heteroatoms. The standard InChI is InChI=1S/C14H20N2O3S/c1-3-14(12(17)18)5-6-16(9-14)13(19)15-10(2)11-4-7-20-8-11/h4,7-8,10H,3,5-6,9H2,1-2H3,(H,15,19)(H,17,18). The van der Waals surface area contributed by atoms with Crippen molar-refractivity contribution < 1.29 is 14.7 Å². The molecular formula is C14H20N2O3S. The average molecular weight is 296 g/mol. The number of nitrogens with one attached hydrogen (secondary N) is 1. The maximum atomic E-state index is 12.2. The minimum atomic E-state index is -0.804. The molecule has 2 atom stereocenters. The molecule has 2 amide bonds. The number of carbonyl (C=O) groups is 2. The van der Waals surface area contributed by atoms with E-state index in [2.05, 4.69) is 5.32 Å². The van der Waals surface area contributed by atoms with Crippen LogP contribution in [0.2, 0.25) is 0 Å². The zero-order valence-electron chi connectivity index (χ0n) is 11.8. The van der Waals surface area contributed by atoms with Gasteiger partial charge in [-0.05, 0) is 42.2 Å². The van der Waals surface area contributed by atoms with E-state index in [-0.39, 0.29) is 12.1 Å². The Balaban J connectivity index is 1.96. The predicted molar refractivity (Wildman–Crippen MR) is 77.8 cm³/mol. The number of amides is 2. The van der Waals surface area contributed by atoms with Crippen LogP contribution < -0.4 is 5.32 Å². The van der Waals surface area contributed by atoms with Crippen LogP contribution in [0.1, 0.15) is 38.3 Å². The van der Waals surface area contributed by atoms with Crippen LogP contribution in [0.4, 0.5) is 4.79 Å². The van der Waals surface area contributed by atoms with E-state index >= 15 is 0 Å². The first-order valence-corrected chi connectivity index (χ1v) is 7.74. The molecule has 2 rings (SSSR count). The number of hydrogen-bond donors (Lipinski definition) is 2. The number of hydrogen-bond acceptors (Lipinski definition) is 3. The molecule has 1 fully saturated rings. The zero-order chi connectivity index (χ0) is 14.8. The molecule has 0 spiro atoms. The Bertz CT molecular complexity index is 489. The van der Waals surface area contributed by atoms with Crippen LogP contribution in [0.5, 0.6) is 0 Å². The molecular weight excluding hydrogens is 276 g/mol. The van der Waals surface area contributed by atoms with Crippen molar-refractivity contribution in [3.05, 3.63) is 22.4 Å². The number of rotatable bonds is 4. The largest absolute Gasteiger partial charge is 0.481 e. The van der Waals surface area contributed by atoms with Crippen LogP contribution in [0.3, 0.4) is 0 Å². The molecule has 20 heavy (non-hydrogen) atoms. The van der Waals surface area contributed by atoms with Crippen molar-refractivity contribution in [3.8, 4) is 0 Å². The third-order valence-corrected chi connectivity index (χ3v) is 4.86. The first kappa shape index (κ1) is 14.8. The second kappa shape index (κ2) is 5.83. The first-order chi connectivity index (χ1) is 9.48. The van der Waals surface area contributed by atoms with Gasteiger partial charge in [-0.2, -0.15) is 11.3 Å². The molecule has 1 aromatic heterocycles. The quantitative estimate of drug-likeness (QED) is 0.897. The lowest BCUT2D eigenvalue weighted by molar-refractivity contribution is -0.148. The van der Waals surface area contributed by atoms with Crippen LogP contribution in [0, 0.1) is 5.41 Å². The number of carboxylic acids is 1. The fourth-order valence-corrected chi connectivity index (χ4v) is 3.30. The summed E-state index contributed by atoms with van der Waals surface area (Å²) in [6.45, 7) is 4.59. The molecule has 0 saturated carbocycles. The van der Waals surface area contributed by atoms with Crippen molar-refractivity contribution in [1.82, 2.24) is 10.2 Å². The van der Waals surface area contributed by atoms with E-state index in [4.69, 9.17) is 0 Å². The maximum absolute atomic E-state index is 12.2. The third-order valence-electron chi connectivity index (χ3n) is 4.15. The van der Waals surface area contributed by atoms with E-state index in [0.29, 0.717) is 25.9 Å². The molecule has 2 N–H and O–H groups in total. The minimum Gasteiger partial charge on any atom is -0.481 e. The summed E-state index contributed by atoms with van der Waals surface area (Å²) in [6.07, 6.45) is 1.07. The minimum absolute atomic E-state index is 0.0600. The van der Waals surface area contributed by atoms with Gasteiger partial charge >= 0.3 is 12.0 Å². The predicted octanol–water partition coefficient (Wildman–Crippen LogP) is 2.71. The van der Waals surface area contributed by atoms with Gasteiger partial charge in [0.25, 0.3) is 0 Å². The molecule has 0 radical (unpaired) electrons. The fraction of sp³-hybridized carbons (Fsp3) is 0.571. The molecule has 0 aromatic carbocycles. The monoisotopic (exact) mass is 296 g/mol. The van der Waals surface area contributed by atoms with Gasteiger partial charge in [-0.25, -0.2) is 4.79 Å². The molecule has 110 valence electrons. The molecule has 0 aliphatic carbocycles. The van der Waals surface area contributed by atoms with E-state index < -0.39 is 11.4 Å². The Morgan fingerprint density at radius 2 is 2.35 bits per heavy atom.